The molecule has 0 unspecified atom stereocenters. The fourth-order valence-electron chi connectivity index (χ4n) is 2.06. The summed E-state index contributed by atoms with van der Waals surface area (Å²) < 4.78 is 5.56. The van der Waals surface area contributed by atoms with Crippen LogP contribution >= 0.6 is 0 Å². The van der Waals surface area contributed by atoms with Gasteiger partial charge in [-0.15, -0.1) is 0 Å². The van der Waals surface area contributed by atoms with Gasteiger partial charge in [0.25, 0.3) is 0 Å². The van der Waals surface area contributed by atoms with Crippen molar-refractivity contribution in [3.8, 4) is 5.75 Å². The van der Waals surface area contributed by atoms with Crippen molar-refractivity contribution in [2.75, 3.05) is 46.1 Å². The number of carbonyl (C=O) groups excluding carboxylic acids is 1. The summed E-state index contributed by atoms with van der Waals surface area (Å²) in [5.41, 5.74) is 6.34. The Morgan fingerprint density at radius 2 is 2.05 bits per heavy atom. The van der Waals surface area contributed by atoms with Crippen LogP contribution in [0.3, 0.4) is 0 Å². The van der Waals surface area contributed by atoms with Crippen molar-refractivity contribution in [1.82, 2.24) is 9.80 Å². The smallest absolute Gasteiger partial charge is 0.225 e. The van der Waals surface area contributed by atoms with Crippen molar-refractivity contribution >= 4 is 11.6 Å². The molecule has 0 spiro atoms. The average molecular weight is 293 g/mol. The summed E-state index contributed by atoms with van der Waals surface area (Å²) in [6.07, 6.45) is 1.38. The van der Waals surface area contributed by atoms with E-state index in [4.69, 9.17) is 10.5 Å². The lowest BCUT2D eigenvalue weighted by molar-refractivity contribution is -0.131. The first-order chi connectivity index (χ1) is 10.0. The molecule has 0 saturated heterocycles. The van der Waals surface area contributed by atoms with Gasteiger partial charge in [-0.25, -0.2) is 0 Å². The Labute approximate surface area is 127 Å². The fraction of sp³-hybridized carbons (Fsp3) is 0.562. The maximum absolute atomic E-state index is 12.1. The zero-order valence-electron chi connectivity index (χ0n) is 13.3. The summed E-state index contributed by atoms with van der Waals surface area (Å²) in [7, 11) is 4.08. The molecule has 0 fully saturated rings. The molecule has 0 heterocycles. The minimum atomic E-state index is 0.139. The molecule has 1 aromatic carbocycles. The van der Waals surface area contributed by atoms with Crippen LogP contribution in [0.4, 0.5) is 5.69 Å². The number of hydrogen-bond acceptors (Lipinski definition) is 4. The second-order valence-electron chi connectivity index (χ2n) is 5.30. The molecule has 0 aromatic heterocycles. The highest BCUT2D eigenvalue weighted by atomic mass is 16.5. The highest BCUT2D eigenvalue weighted by molar-refractivity contribution is 5.76. The zero-order valence-corrected chi connectivity index (χ0v) is 13.3. The molecule has 0 radical (unpaired) electrons. The van der Waals surface area contributed by atoms with Gasteiger partial charge in [0.05, 0.1) is 13.0 Å². The van der Waals surface area contributed by atoms with Gasteiger partial charge in [0.2, 0.25) is 5.91 Å². The molecule has 0 atom stereocenters. The van der Waals surface area contributed by atoms with E-state index in [-0.39, 0.29) is 5.91 Å². The molecular weight excluding hydrogens is 266 g/mol. The lowest BCUT2D eigenvalue weighted by Crippen LogP contribution is -2.34. The van der Waals surface area contributed by atoms with Gasteiger partial charge in [-0.05, 0) is 46.1 Å². The van der Waals surface area contributed by atoms with E-state index >= 15 is 0 Å². The third-order valence-corrected chi connectivity index (χ3v) is 3.21. The molecule has 0 bridgehead atoms. The van der Waals surface area contributed by atoms with Crippen LogP contribution in [0, 0.1) is 0 Å². The molecule has 0 aliphatic carbocycles. The van der Waals surface area contributed by atoms with Gasteiger partial charge in [0, 0.05) is 24.8 Å². The summed E-state index contributed by atoms with van der Waals surface area (Å²) in [5, 5.41) is 0. The third kappa shape index (κ3) is 6.99. The number of rotatable bonds is 9. The molecule has 21 heavy (non-hydrogen) atoms. The Morgan fingerprint density at radius 1 is 1.29 bits per heavy atom. The van der Waals surface area contributed by atoms with E-state index in [9.17, 15) is 4.79 Å². The zero-order chi connectivity index (χ0) is 15.7. The summed E-state index contributed by atoms with van der Waals surface area (Å²) in [5.74, 6) is 0.846. The summed E-state index contributed by atoms with van der Waals surface area (Å²) in [4.78, 5) is 16.1. The number of nitrogens with zero attached hydrogens (tertiary/aromatic N) is 2. The summed E-state index contributed by atoms with van der Waals surface area (Å²) in [6.45, 7) is 4.92. The number of hydrogen-bond donors (Lipinski definition) is 1. The predicted molar refractivity (Wildman–Crippen MR) is 86.4 cm³/mol. The van der Waals surface area contributed by atoms with Gasteiger partial charge in [0.15, 0.2) is 0 Å². The first-order valence-corrected chi connectivity index (χ1v) is 7.43. The number of anilines is 1. The van der Waals surface area contributed by atoms with Crippen LogP contribution in [0.2, 0.25) is 0 Å². The van der Waals surface area contributed by atoms with Crippen molar-refractivity contribution in [3.05, 3.63) is 24.3 Å². The quantitative estimate of drug-likeness (QED) is 0.706. The molecule has 5 heteroatoms. The molecule has 2 N–H and O–H groups in total. The van der Waals surface area contributed by atoms with Crippen LogP contribution in [0.1, 0.15) is 19.8 Å². The monoisotopic (exact) mass is 293 g/mol. The highest BCUT2D eigenvalue weighted by Crippen LogP contribution is 2.14. The third-order valence-electron chi connectivity index (χ3n) is 3.21. The van der Waals surface area contributed by atoms with Crippen LogP contribution in [-0.2, 0) is 4.79 Å². The summed E-state index contributed by atoms with van der Waals surface area (Å²) >= 11 is 0. The number of amides is 1. The fourth-order valence-corrected chi connectivity index (χ4v) is 2.06. The Balaban J connectivity index is 2.30. The SMILES string of the molecule is CCN(CCCN(C)C)C(=O)CCOc1cccc(N)c1. The molecule has 0 aliphatic heterocycles. The molecule has 1 amide bonds. The number of nitrogen functional groups attached to an aromatic ring is 1. The molecular formula is C16H27N3O2. The van der Waals surface area contributed by atoms with Gasteiger partial charge in [0.1, 0.15) is 5.75 Å². The lowest BCUT2D eigenvalue weighted by atomic mass is 10.3. The molecule has 118 valence electrons. The van der Waals surface area contributed by atoms with Gasteiger partial charge >= 0.3 is 0 Å². The minimum absolute atomic E-state index is 0.139. The highest BCUT2D eigenvalue weighted by Gasteiger charge is 2.11. The van der Waals surface area contributed by atoms with E-state index in [0.29, 0.717) is 24.5 Å². The molecule has 5 nitrogen and oxygen atoms in total. The number of nitrogens with two attached hydrogens (primary N) is 1. The number of ether oxygens (including phenoxy) is 1. The molecule has 1 aromatic rings. The normalized spacial score (nSPS) is 10.7. The minimum Gasteiger partial charge on any atom is -0.493 e. The van der Waals surface area contributed by atoms with E-state index in [1.807, 2.05) is 44.1 Å². The van der Waals surface area contributed by atoms with E-state index < -0.39 is 0 Å². The second-order valence-corrected chi connectivity index (χ2v) is 5.30. The number of carbonyl (C=O) groups is 1. The molecule has 0 saturated carbocycles. The topological polar surface area (TPSA) is 58.8 Å². The maximum atomic E-state index is 12.1. The maximum Gasteiger partial charge on any atom is 0.225 e. The average Bonchev–Trinajstić information content (AvgIpc) is 2.43. The van der Waals surface area contributed by atoms with Crippen molar-refractivity contribution in [2.45, 2.75) is 19.8 Å². The lowest BCUT2D eigenvalue weighted by Gasteiger charge is -2.22. The van der Waals surface area contributed by atoms with E-state index in [2.05, 4.69) is 4.90 Å². The van der Waals surface area contributed by atoms with Gasteiger partial charge in [-0.1, -0.05) is 6.07 Å². The van der Waals surface area contributed by atoms with Crippen LogP contribution in [0.25, 0.3) is 0 Å². The van der Waals surface area contributed by atoms with Crippen molar-refractivity contribution in [2.24, 2.45) is 0 Å². The van der Waals surface area contributed by atoms with Crippen molar-refractivity contribution in [3.63, 3.8) is 0 Å². The van der Waals surface area contributed by atoms with Crippen LogP contribution in [0.5, 0.6) is 5.75 Å². The van der Waals surface area contributed by atoms with E-state index in [0.717, 1.165) is 26.1 Å². The Hall–Kier alpha value is -1.75. The predicted octanol–water partition coefficient (Wildman–Crippen LogP) is 1.84. The largest absolute Gasteiger partial charge is 0.493 e. The second kappa shape index (κ2) is 9.23. The van der Waals surface area contributed by atoms with Gasteiger partial charge in [-0.3, -0.25) is 4.79 Å². The molecule has 0 aliphatic rings. The standard InChI is InChI=1S/C16H27N3O2/c1-4-19(11-6-10-18(2)3)16(20)9-12-21-15-8-5-7-14(17)13-15/h5,7-8,13H,4,6,9-12,17H2,1-3H3. The van der Waals surface area contributed by atoms with E-state index in [1.165, 1.54) is 0 Å². The summed E-state index contributed by atoms with van der Waals surface area (Å²) in [6, 6.07) is 7.25. The van der Waals surface area contributed by atoms with Gasteiger partial charge in [-0.2, -0.15) is 0 Å². The van der Waals surface area contributed by atoms with Gasteiger partial charge < -0.3 is 20.3 Å². The van der Waals surface area contributed by atoms with Crippen LogP contribution in [0.15, 0.2) is 24.3 Å². The Bertz CT molecular complexity index is 435. The van der Waals surface area contributed by atoms with Crippen molar-refractivity contribution < 1.29 is 9.53 Å². The number of benzene rings is 1. The van der Waals surface area contributed by atoms with Crippen LogP contribution < -0.4 is 10.5 Å². The first kappa shape index (κ1) is 17.3. The van der Waals surface area contributed by atoms with Crippen molar-refractivity contribution in [1.29, 1.82) is 0 Å². The van der Waals surface area contributed by atoms with Crippen LogP contribution in [-0.4, -0.2) is 56.0 Å². The Kier molecular flexibility index (Phi) is 7.61. The first-order valence-electron chi connectivity index (χ1n) is 7.43. The molecule has 1 rings (SSSR count). The van der Waals surface area contributed by atoms with E-state index in [1.54, 1.807) is 6.07 Å². The Morgan fingerprint density at radius 3 is 2.67 bits per heavy atom.